The number of rotatable bonds is 7. The maximum atomic E-state index is 13.1. The first-order chi connectivity index (χ1) is 15.8. The van der Waals surface area contributed by atoms with E-state index in [1.807, 2.05) is 6.92 Å². The summed E-state index contributed by atoms with van der Waals surface area (Å²) in [6.07, 6.45) is 2.67. The molecule has 4 rings (SSSR count). The van der Waals surface area contributed by atoms with Crippen molar-refractivity contribution in [3.05, 3.63) is 70.8 Å². The Labute approximate surface area is 192 Å². The number of carbonyl (C=O) groups is 1. The number of nitrogens with one attached hydrogen (secondary N) is 1. The summed E-state index contributed by atoms with van der Waals surface area (Å²) in [5.74, 6) is -0.777. The van der Waals surface area contributed by atoms with Gasteiger partial charge in [-0.15, -0.1) is 0 Å². The molecule has 0 spiro atoms. The van der Waals surface area contributed by atoms with Crippen molar-refractivity contribution in [1.82, 2.24) is 35.2 Å². The Hall–Kier alpha value is -3.86. The third kappa shape index (κ3) is 4.40. The van der Waals surface area contributed by atoms with Gasteiger partial charge in [-0.3, -0.25) is 4.79 Å². The largest absolute Gasteiger partial charge is 0.481 e. The standard InChI is InChI=1S/C21H19ClFN7O3/c1-21(15-5-4-6-16(22)27-15,13-10-26-30(2)20(13)32-3)11-25-18(31)17-28-19(33-29-17)14-8-7-12(23)9-24-14/h4-10H,11H2,1-3H3,(H,25,31). The van der Waals surface area contributed by atoms with Crippen LogP contribution in [0.5, 0.6) is 5.88 Å². The summed E-state index contributed by atoms with van der Waals surface area (Å²) >= 11 is 6.13. The summed E-state index contributed by atoms with van der Waals surface area (Å²) in [6, 6.07) is 7.82. The van der Waals surface area contributed by atoms with Crippen LogP contribution in [0.4, 0.5) is 4.39 Å². The zero-order valence-electron chi connectivity index (χ0n) is 17.9. The highest BCUT2D eigenvalue weighted by Gasteiger charge is 2.36. The lowest BCUT2D eigenvalue weighted by Crippen LogP contribution is -2.40. The number of hydrogen-bond donors (Lipinski definition) is 1. The number of nitrogens with zero attached hydrogens (tertiary/aromatic N) is 6. The molecule has 1 amide bonds. The van der Waals surface area contributed by atoms with Gasteiger partial charge in [-0.05, 0) is 31.2 Å². The molecular formula is C21H19ClFN7O3. The van der Waals surface area contributed by atoms with Crippen LogP contribution in [0, 0.1) is 5.82 Å². The summed E-state index contributed by atoms with van der Waals surface area (Å²) in [5.41, 5.74) is 0.694. The first kappa shape index (κ1) is 22.3. The van der Waals surface area contributed by atoms with E-state index < -0.39 is 17.1 Å². The Kier molecular flexibility index (Phi) is 6.05. The molecule has 0 aliphatic carbocycles. The molecule has 4 aromatic rings. The zero-order valence-corrected chi connectivity index (χ0v) is 18.7. The minimum atomic E-state index is -0.856. The Morgan fingerprint density at radius 3 is 2.79 bits per heavy atom. The quantitative estimate of drug-likeness (QED) is 0.408. The molecule has 4 aromatic heterocycles. The minimum absolute atomic E-state index is 0.00616. The van der Waals surface area contributed by atoms with E-state index in [9.17, 15) is 9.18 Å². The number of methoxy groups -OCH3 is 1. The second-order valence-corrected chi connectivity index (χ2v) is 7.72. The summed E-state index contributed by atoms with van der Waals surface area (Å²) < 4.78 is 25.3. The van der Waals surface area contributed by atoms with Gasteiger partial charge in [0.2, 0.25) is 5.88 Å². The van der Waals surface area contributed by atoms with Crippen molar-refractivity contribution in [2.45, 2.75) is 12.3 Å². The van der Waals surface area contributed by atoms with Crippen LogP contribution >= 0.6 is 11.6 Å². The predicted molar refractivity (Wildman–Crippen MR) is 115 cm³/mol. The zero-order chi connectivity index (χ0) is 23.6. The Bertz CT molecular complexity index is 1290. The van der Waals surface area contributed by atoms with E-state index in [4.69, 9.17) is 20.9 Å². The van der Waals surface area contributed by atoms with Crippen LogP contribution in [0.25, 0.3) is 11.6 Å². The average Bonchev–Trinajstić information content (AvgIpc) is 3.45. The minimum Gasteiger partial charge on any atom is -0.481 e. The Balaban J connectivity index is 1.61. The summed E-state index contributed by atoms with van der Waals surface area (Å²) in [4.78, 5) is 25.2. The summed E-state index contributed by atoms with van der Waals surface area (Å²) in [5, 5.41) is 11.1. The van der Waals surface area contributed by atoms with Gasteiger partial charge in [-0.2, -0.15) is 10.1 Å². The molecule has 1 unspecified atom stereocenters. The Morgan fingerprint density at radius 2 is 2.09 bits per heavy atom. The summed E-state index contributed by atoms with van der Waals surface area (Å²) in [6.45, 7) is 1.98. The lowest BCUT2D eigenvalue weighted by molar-refractivity contribution is 0.0933. The van der Waals surface area contributed by atoms with Crippen molar-refractivity contribution in [3.63, 3.8) is 0 Å². The number of aryl methyl sites for hydroxylation is 1. The number of carbonyl (C=O) groups excluding carboxylic acids is 1. The maximum absolute atomic E-state index is 13.1. The normalized spacial score (nSPS) is 12.9. The highest BCUT2D eigenvalue weighted by atomic mass is 35.5. The van der Waals surface area contributed by atoms with Crippen molar-refractivity contribution in [1.29, 1.82) is 0 Å². The van der Waals surface area contributed by atoms with Gasteiger partial charge in [0.1, 0.15) is 16.7 Å². The molecular weight excluding hydrogens is 453 g/mol. The van der Waals surface area contributed by atoms with Crippen molar-refractivity contribution < 1.29 is 18.4 Å². The van der Waals surface area contributed by atoms with E-state index in [1.165, 1.54) is 19.2 Å². The van der Waals surface area contributed by atoms with Gasteiger partial charge in [0.25, 0.3) is 17.6 Å². The van der Waals surface area contributed by atoms with Crippen LogP contribution in [0.3, 0.4) is 0 Å². The monoisotopic (exact) mass is 471 g/mol. The van der Waals surface area contributed by atoms with Gasteiger partial charge in [0, 0.05) is 19.2 Å². The molecule has 1 atom stereocenters. The van der Waals surface area contributed by atoms with E-state index >= 15 is 0 Å². The van der Waals surface area contributed by atoms with Crippen LogP contribution < -0.4 is 10.1 Å². The molecule has 0 saturated heterocycles. The second-order valence-electron chi connectivity index (χ2n) is 7.34. The van der Waals surface area contributed by atoms with Gasteiger partial charge in [-0.1, -0.05) is 22.8 Å². The molecule has 0 aliphatic heterocycles. The Morgan fingerprint density at radius 1 is 1.27 bits per heavy atom. The SMILES string of the molecule is COc1c(C(C)(CNC(=O)c2noc(-c3ccc(F)cn3)n2)c2cccc(Cl)n2)cnn1C. The number of aromatic nitrogens is 6. The maximum Gasteiger partial charge on any atom is 0.292 e. The molecule has 12 heteroatoms. The molecule has 1 N–H and O–H groups in total. The van der Waals surface area contributed by atoms with E-state index in [1.54, 1.807) is 36.1 Å². The third-order valence-corrected chi connectivity index (χ3v) is 5.34. The van der Waals surface area contributed by atoms with E-state index in [0.29, 0.717) is 22.3 Å². The van der Waals surface area contributed by atoms with Crippen LogP contribution in [0.1, 0.15) is 28.8 Å². The number of ether oxygens (including phenoxy) is 1. The van der Waals surface area contributed by atoms with E-state index in [2.05, 4.69) is 30.5 Å². The molecule has 10 nitrogen and oxygen atoms in total. The van der Waals surface area contributed by atoms with Crippen molar-refractivity contribution >= 4 is 17.5 Å². The van der Waals surface area contributed by atoms with Gasteiger partial charge < -0.3 is 14.6 Å². The molecule has 0 radical (unpaired) electrons. The van der Waals surface area contributed by atoms with E-state index in [-0.39, 0.29) is 24.0 Å². The highest BCUT2D eigenvalue weighted by molar-refractivity contribution is 6.29. The van der Waals surface area contributed by atoms with E-state index in [0.717, 1.165) is 6.20 Å². The fourth-order valence-electron chi connectivity index (χ4n) is 3.34. The molecule has 170 valence electrons. The number of halogens is 2. The predicted octanol–water partition coefficient (Wildman–Crippen LogP) is 2.80. The fraction of sp³-hybridized carbons (Fsp3) is 0.238. The summed E-state index contributed by atoms with van der Waals surface area (Å²) in [7, 11) is 3.28. The highest BCUT2D eigenvalue weighted by Crippen LogP contribution is 2.36. The van der Waals surface area contributed by atoms with Crippen molar-refractivity contribution in [2.24, 2.45) is 7.05 Å². The lowest BCUT2D eigenvalue weighted by atomic mass is 9.80. The molecule has 33 heavy (non-hydrogen) atoms. The third-order valence-electron chi connectivity index (χ3n) is 5.13. The second kappa shape index (κ2) is 8.94. The first-order valence-electron chi connectivity index (χ1n) is 9.75. The van der Waals surface area contributed by atoms with Crippen molar-refractivity contribution in [3.8, 4) is 17.5 Å². The molecule has 0 aliphatic rings. The lowest BCUT2D eigenvalue weighted by Gasteiger charge is -2.29. The molecule has 4 heterocycles. The van der Waals surface area contributed by atoms with Crippen molar-refractivity contribution in [2.75, 3.05) is 13.7 Å². The van der Waals surface area contributed by atoms with Crippen LogP contribution in [-0.4, -0.2) is 49.5 Å². The van der Waals surface area contributed by atoms with Crippen LogP contribution in [0.2, 0.25) is 5.15 Å². The number of pyridine rings is 2. The molecule has 0 saturated carbocycles. The van der Waals surface area contributed by atoms with Gasteiger partial charge in [-0.25, -0.2) is 19.0 Å². The van der Waals surface area contributed by atoms with Gasteiger partial charge in [0.15, 0.2) is 0 Å². The molecule has 0 aromatic carbocycles. The smallest absolute Gasteiger partial charge is 0.292 e. The molecule has 0 bridgehead atoms. The average molecular weight is 472 g/mol. The fourth-order valence-corrected chi connectivity index (χ4v) is 3.51. The topological polar surface area (TPSA) is 121 Å². The molecule has 0 fully saturated rings. The van der Waals surface area contributed by atoms with Crippen LogP contribution in [0.15, 0.2) is 47.2 Å². The first-order valence-corrected chi connectivity index (χ1v) is 10.1. The van der Waals surface area contributed by atoms with Gasteiger partial charge >= 0.3 is 0 Å². The van der Waals surface area contributed by atoms with Crippen LogP contribution in [-0.2, 0) is 12.5 Å². The number of hydrogen-bond acceptors (Lipinski definition) is 8. The van der Waals surface area contributed by atoms with Gasteiger partial charge in [0.05, 0.1) is 30.6 Å². The number of amides is 1.